The molecule has 1 aliphatic heterocycles. The standard InChI is InChI=1S/C26H25NO5S/c1-17-5-3-6-18(15-17)16-32-20-10-8-19(9-11-20)24(28)22-23(21-7-4-14-33-21)27(12-13-31-2)26(30)25(22)29/h3-11,14-15,23,28H,12-13,16H2,1-2H3. The molecule has 1 fully saturated rings. The summed E-state index contributed by atoms with van der Waals surface area (Å²) < 4.78 is 11.0. The Morgan fingerprint density at radius 2 is 1.88 bits per heavy atom. The molecule has 0 bridgehead atoms. The highest BCUT2D eigenvalue weighted by Crippen LogP contribution is 2.41. The molecular formula is C26H25NO5S. The molecule has 6 nitrogen and oxygen atoms in total. The van der Waals surface area contributed by atoms with Gasteiger partial charge in [-0.15, -0.1) is 11.3 Å². The molecule has 1 atom stereocenters. The first-order valence-electron chi connectivity index (χ1n) is 10.6. The van der Waals surface area contributed by atoms with Crippen LogP contribution in [-0.4, -0.2) is 42.0 Å². The number of nitrogens with zero attached hydrogens (tertiary/aromatic N) is 1. The van der Waals surface area contributed by atoms with Crippen molar-refractivity contribution in [1.82, 2.24) is 4.90 Å². The van der Waals surface area contributed by atoms with Crippen molar-refractivity contribution in [2.45, 2.75) is 19.6 Å². The summed E-state index contributed by atoms with van der Waals surface area (Å²) in [6, 6.07) is 18.0. The summed E-state index contributed by atoms with van der Waals surface area (Å²) >= 11 is 1.43. The minimum Gasteiger partial charge on any atom is -0.507 e. The van der Waals surface area contributed by atoms with Crippen LogP contribution >= 0.6 is 11.3 Å². The van der Waals surface area contributed by atoms with Gasteiger partial charge in [0.05, 0.1) is 18.2 Å². The van der Waals surface area contributed by atoms with Crippen molar-refractivity contribution < 1.29 is 24.2 Å². The molecule has 1 unspecified atom stereocenters. The van der Waals surface area contributed by atoms with Crippen LogP contribution in [0.4, 0.5) is 0 Å². The van der Waals surface area contributed by atoms with Gasteiger partial charge in [-0.3, -0.25) is 9.59 Å². The van der Waals surface area contributed by atoms with E-state index in [9.17, 15) is 14.7 Å². The van der Waals surface area contributed by atoms with Crippen LogP contribution in [0.5, 0.6) is 5.75 Å². The lowest BCUT2D eigenvalue weighted by atomic mass is 10.00. The molecule has 0 spiro atoms. The van der Waals surface area contributed by atoms with Gasteiger partial charge in [0.15, 0.2) is 0 Å². The van der Waals surface area contributed by atoms with E-state index in [0.717, 1.165) is 10.4 Å². The van der Waals surface area contributed by atoms with Gasteiger partial charge < -0.3 is 19.5 Å². The zero-order chi connectivity index (χ0) is 23.4. The highest BCUT2D eigenvalue weighted by Gasteiger charge is 2.46. The maximum absolute atomic E-state index is 12.9. The zero-order valence-electron chi connectivity index (χ0n) is 18.5. The van der Waals surface area contributed by atoms with E-state index in [1.165, 1.54) is 21.8 Å². The number of rotatable bonds is 8. The molecule has 1 aromatic heterocycles. The monoisotopic (exact) mass is 463 g/mol. The lowest BCUT2D eigenvalue weighted by molar-refractivity contribution is -0.140. The maximum atomic E-state index is 12.9. The van der Waals surface area contributed by atoms with Gasteiger partial charge in [0.1, 0.15) is 18.1 Å². The summed E-state index contributed by atoms with van der Waals surface area (Å²) in [4.78, 5) is 27.9. The molecule has 4 rings (SSSR count). The van der Waals surface area contributed by atoms with Crippen molar-refractivity contribution in [2.24, 2.45) is 0 Å². The summed E-state index contributed by atoms with van der Waals surface area (Å²) in [7, 11) is 1.54. The molecule has 2 heterocycles. The number of Topliss-reactive ketones (excluding diaryl/α,β-unsaturated/α-hetero) is 1. The number of ether oxygens (including phenoxy) is 2. The Morgan fingerprint density at radius 3 is 2.55 bits per heavy atom. The van der Waals surface area contributed by atoms with E-state index < -0.39 is 17.7 Å². The number of aliphatic hydroxyl groups excluding tert-OH is 1. The second-order valence-corrected chi connectivity index (χ2v) is 8.78. The fourth-order valence-electron chi connectivity index (χ4n) is 3.88. The van der Waals surface area contributed by atoms with Crippen LogP contribution in [0, 0.1) is 6.92 Å². The van der Waals surface area contributed by atoms with Crippen LogP contribution in [0.25, 0.3) is 5.76 Å². The van der Waals surface area contributed by atoms with Gasteiger partial charge in [0, 0.05) is 24.1 Å². The lowest BCUT2D eigenvalue weighted by Crippen LogP contribution is -2.32. The molecule has 0 saturated carbocycles. The van der Waals surface area contributed by atoms with Crippen molar-refractivity contribution in [1.29, 1.82) is 0 Å². The first kappa shape index (κ1) is 22.8. The number of likely N-dealkylation sites (tertiary alicyclic amines) is 1. The molecule has 1 aliphatic rings. The van der Waals surface area contributed by atoms with E-state index in [1.807, 2.05) is 42.6 Å². The number of methoxy groups -OCH3 is 1. The highest BCUT2D eigenvalue weighted by atomic mass is 32.1. The normalized spacial score (nSPS) is 17.5. The highest BCUT2D eigenvalue weighted by molar-refractivity contribution is 7.10. The predicted molar refractivity (Wildman–Crippen MR) is 127 cm³/mol. The minimum atomic E-state index is -0.693. The summed E-state index contributed by atoms with van der Waals surface area (Å²) in [6.45, 7) is 3.01. The number of hydrogen-bond donors (Lipinski definition) is 1. The average Bonchev–Trinajstić information content (AvgIpc) is 3.43. The average molecular weight is 464 g/mol. The Hall–Kier alpha value is -3.42. The summed E-state index contributed by atoms with van der Waals surface area (Å²) in [5.41, 5.74) is 2.77. The van der Waals surface area contributed by atoms with Crippen molar-refractivity contribution in [2.75, 3.05) is 20.3 Å². The Bertz CT molecular complexity index is 1170. The van der Waals surface area contributed by atoms with Crippen molar-refractivity contribution in [3.05, 3.63) is 93.2 Å². The van der Waals surface area contributed by atoms with Crippen LogP contribution < -0.4 is 4.74 Å². The van der Waals surface area contributed by atoms with Gasteiger partial charge in [0.25, 0.3) is 11.7 Å². The van der Waals surface area contributed by atoms with Crippen LogP contribution in [0.2, 0.25) is 0 Å². The molecule has 3 aromatic rings. The van der Waals surface area contributed by atoms with Gasteiger partial charge in [-0.05, 0) is 48.2 Å². The number of ketones is 1. The number of carbonyl (C=O) groups excluding carboxylic acids is 2. The van der Waals surface area contributed by atoms with Gasteiger partial charge in [-0.25, -0.2) is 0 Å². The lowest BCUT2D eigenvalue weighted by Gasteiger charge is -2.23. The molecule has 1 amide bonds. The molecular weight excluding hydrogens is 438 g/mol. The Balaban J connectivity index is 1.60. The van der Waals surface area contributed by atoms with Gasteiger partial charge in [-0.1, -0.05) is 35.9 Å². The van der Waals surface area contributed by atoms with Crippen molar-refractivity contribution in [3.63, 3.8) is 0 Å². The van der Waals surface area contributed by atoms with Gasteiger partial charge >= 0.3 is 0 Å². The molecule has 1 N–H and O–H groups in total. The SMILES string of the molecule is COCCN1C(=O)C(=O)C(=C(O)c2ccc(OCc3cccc(C)c3)cc2)C1c1cccs1. The third-order valence-corrected chi connectivity index (χ3v) is 6.43. The summed E-state index contributed by atoms with van der Waals surface area (Å²) in [6.07, 6.45) is 0. The number of benzene rings is 2. The molecule has 170 valence electrons. The number of aryl methyl sites for hydroxylation is 1. The molecule has 1 saturated heterocycles. The first-order chi connectivity index (χ1) is 16.0. The fourth-order valence-corrected chi connectivity index (χ4v) is 4.72. The van der Waals surface area contributed by atoms with Gasteiger partial charge in [0.2, 0.25) is 0 Å². The summed E-state index contributed by atoms with van der Waals surface area (Å²) in [5.74, 6) is -0.882. The number of aliphatic hydroxyl groups is 1. The van der Waals surface area contributed by atoms with E-state index >= 15 is 0 Å². The second-order valence-electron chi connectivity index (χ2n) is 7.80. The zero-order valence-corrected chi connectivity index (χ0v) is 19.3. The fraction of sp³-hybridized carbons (Fsp3) is 0.231. The number of hydrogen-bond acceptors (Lipinski definition) is 6. The Morgan fingerprint density at radius 1 is 1.09 bits per heavy atom. The van der Waals surface area contributed by atoms with E-state index in [0.29, 0.717) is 24.5 Å². The molecule has 0 radical (unpaired) electrons. The van der Waals surface area contributed by atoms with Crippen LogP contribution in [0.3, 0.4) is 0 Å². The first-order valence-corrected chi connectivity index (χ1v) is 11.5. The third kappa shape index (κ3) is 4.84. The van der Waals surface area contributed by atoms with Crippen LogP contribution in [-0.2, 0) is 20.9 Å². The molecule has 2 aromatic carbocycles. The topological polar surface area (TPSA) is 76.1 Å². The minimum absolute atomic E-state index is 0.0898. The Labute approximate surface area is 196 Å². The molecule has 33 heavy (non-hydrogen) atoms. The smallest absolute Gasteiger partial charge is 0.295 e. The van der Waals surface area contributed by atoms with E-state index in [1.54, 1.807) is 31.4 Å². The number of thiophene rings is 1. The third-order valence-electron chi connectivity index (χ3n) is 5.50. The maximum Gasteiger partial charge on any atom is 0.295 e. The largest absolute Gasteiger partial charge is 0.507 e. The van der Waals surface area contributed by atoms with Crippen LogP contribution in [0.1, 0.15) is 27.6 Å². The quantitative estimate of drug-likeness (QED) is 0.298. The summed E-state index contributed by atoms with van der Waals surface area (Å²) in [5, 5.41) is 12.9. The molecule has 0 aliphatic carbocycles. The van der Waals surface area contributed by atoms with Crippen LogP contribution in [0.15, 0.2) is 71.6 Å². The van der Waals surface area contributed by atoms with E-state index in [4.69, 9.17) is 9.47 Å². The van der Waals surface area contributed by atoms with E-state index in [2.05, 4.69) is 6.07 Å². The molecule has 7 heteroatoms. The van der Waals surface area contributed by atoms with E-state index in [-0.39, 0.29) is 17.9 Å². The predicted octanol–water partition coefficient (Wildman–Crippen LogP) is 4.70. The number of amides is 1. The van der Waals surface area contributed by atoms with Crippen molar-refractivity contribution in [3.8, 4) is 5.75 Å². The van der Waals surface area contributed by atoms with Gasteiger partial charge in [-0.2, -0.15) is 0 Å². The second kappa shape index (κ2) is 10.0. The Kier molecular flexibility index (Phi) is 6.91. The number of carbonyl (C=O) groups is 2. The van der Waals surface area contributed by atoms with Crippen molar-refractivity contribution >= 4 is 28.8 Å².